The van der Waals surface area contributed by atoms with Gasteiger partial charge in [-0.1, -0.05) is 0 Å². The summed E-state index contributed by atoms with van der Waals surface area (Å²) in [6.07, 6.45) is -4.35. The van der Waals surface area contributed by atoms with Gasteiger partial charge in [0.15, 0.2) is 23.9 Å². The van der Waals surface area contributed by atoms with E-state index in [2.05, 4.69) is 4.74 Å². The van der Waals surface area contributed by atoms with Crippen LogP contribution in [0.25, 0.3) is 0 Å². The van der Waals surface area contributed by atoms with Crippen LogP contribution in [0.5, 0.6) is 0 Å². The predicted octanol–water partition coefficient (Wildman–Crippen LogP) is 2.74. The molecule has 84 valence electrons. The number of allylic oxidation sites excluding steroid dienone is 4. The van der Waals surface area contributed by atoms with Crippen LogP contribution in [0.15, 0.2) is 23.7 Å². The standard InChI is InChI=1S/C8H4F6O/c9-3-1-5(7(3,11)12)15-6-2-4(10)8(6,13)14/h1-4H. The van der Waals surface area contributed by atoms with Gasteiger partial charge in [-0.2, -0.15) is 17.6 Å². The highest BCUT2D eigenvalue weighted by Crippen LogP contribution is 2.47. The van der Waals surface area contributed by atoms with E-state index in [1.807, 2.05) is 0 Å². The Morgan fingerprint density at radius 2 is 1.20 bits per heavy atom. The van der Waals surface area contributed by atoms with Crippen LogP contribution in [0.2, 0.25) is 0 Å². The van der Waals surface area contributed by atoms with Crippen molar-refractivity contribution in [3.8, 4) is 0 Å². The van der Waals surface area contributed by atoms with Gasteiger partial charge in [-0.25, -0.2) is 8.78 Å². The molecule has 0 N–H and O–H groups in total. The molecule has 0 amide bonds. The predicted molar refractivity (Wildman–Crippen MR) is 36.9 cm³/mol. The normalized spacial score (nSPS) is 35.9. The molecule has 7 heteroatoms. The van der Waals surface area contributed by atoms with Gasteiger partial charge in [0.05, 0.1) is 0 Å². The average molecular weight is 230 g/mol. The minimum atomic E-state index is -3.90. The van der Waals surface area contributed by atoms with Gasteiger partial charge in [-0.3, -0.25) is 0 Å². The summed E-state index contributed by atoms with van der Waals surface area (Å²) < 4.78 is 78.6. The van der Waals surface area contributed by atoms with Crippen molar-refractivity contribution in [2.45, 2.75) is 24.2 Å². The Kier molecular flexibility index (Phi) is 1.87. The first-order valence-corrected chi connectivity index (χ1v) is 3.92. The van der Waals surface area contributed by atoms with Crippen molar-refractivity contribution in [1.29, 1.82) is 0 Å². The maximum atomic E-state index is 12.5. The SMILES string of the molecule is FC1C=C(OC2=CC(F)C2(F)F)C1(F)F. The van der Waals surface area contributed by atoms with Crippen LogP contribution in [0.4, 0.5) is 26.3 Å². The van der Waals surface area contributed by atoms with Crippen molar-refractivity contribution < 1.29 is 31.1 Å². The molecule has 0 saturated carbocycles. The zero-order chi connectivity index (χ0) is 11.4. The molecule has 1 nitrogen and oxygen atoms in total. The van der Waals surface area contributed by atoms with E-state index in [1.165, 1.54) is 0 Å². The maximum Gasteiger partial charge on any atom is 0.338 e. The summed E-state index contributed by atoms with van der Waals surface area (Å²) in [5, 5.41) is 0. The third kappa shape index (κ3) is 1.25. The van der Waals surface area contributed by atoms with Crippen LogP contribution in [-0.2, 0) is 4.74 Å². The van der Waals surface area contributed by atoms with Gasteiger partial charge >= 0.3 is 11.8 Å². The Hall–Kier alpha value is -1.14. The Labute approximate surface area is 80.0 Å². The van der Waals surface area contributed by atoms with Gasteiger partial charge in [0.2, 0.25) is 0 Å². The van der Waals surface area contributed by atoms with Crippen molar-refractivity contribution in [3.05, 3.63) is 23.7 Å². The first-order valence-electron chi connectivity index (χ1n) is 3.92. The number of ether oxygens (including phenoxy) is 1. The first kappa shape index (κ1) is 10.4. The molecule has 0 bridgehead atoms. The fraction of sp³-hybridized carbons (Fsp3) is 0.500. The quantitative estimate of drug-likeness (QED) is 0.663. The highest BCUT2D eigenvalue weighted by Gasteiger charge is 2.59. The van der Waals surface area contributed by atoms with Crippen LogP contribution >= 0.6 is 0 Å². The lowest BCUT2D eigenvalue weighted by Gasteiger charge is -2.35. The van der Waals surface area contributed by atoms with E-state index >= 15 is 0 Å². The lowest BCUT2D eigenvalue weighted by molar-refractivity contribution is -0.125. The summed E-state index contributed by atoms with van der Waals surface area (Å²) in [4.78, 5) is 0. The molecule has 0 aliphatic heterocycles. The lowest BCUT2D eigenvalue weighted by atomic mass is 9.97. The zero-order valence-electron chi connectivity index (χ0n) is 6.99. The fourth-order valence-corrected chi connectivity index (χ4v) is 1.10. The van der Waals surface area contributed by atoms with Crippen molar-refractivity contribution in [3.63, 3.8) is 0 Å². The highest BCUT2D eigenvalue weighted by molar-refractivity contribution is 5.32. The first-order chi connectivity index (χ1) is 6.76. The minimum Gasteiger partial charge on any atom is -0.453 e. The molecule has 0 spiro atoms. The summed E-state index contributed by atoms with van der Waals surface area (Å²) >= 11 is 0. The number of alkyl halides is 6. The van der Waals surface area contributed by atoms with E-state index in [0.29, 0.717) is 12.2 Å². The molecule has 0 aromatic carbocycles. The number of hydrogen-bond donors (Lipinski definition) is 0. The molecular formula is C8H4F6O. The smallest absolute Gasteiger partial charge is 0.338 e. The third-order valence-electron chi connectivity index (χ3n) is 2.17. The van der Waals surface area contributed by atoms with Gasteiger partial charge < -0.3 is 4.74 Å². The molecular weight excluding hydrogens is 226 g/mol. The second-order valence-electron chi connectivity index (χ2n) is 3.21. The Morgan fingerprint density at radius 3 is 1.40 bits per heavy atom. The van der Waals surface area contributed by atoms with E-state index < -0.39 is 35.7 Å². The summed E-state index contributed by atoms with van der Waals surface area (Å²) in [6, 6.07) is 0. The van der Waals surface area contributed by atoms with Crippen LogP contribution in [-0.4, -0.2) is 24.2 Å². The molecule has 2 rings (SSSR count). The average Bonchev–Trinajstić information content (AvgIpc) is 2.16. The van der Waals surface area contributed by atoms with Crippen LogP contribution in [0, 0.1) is 0 Å². The molecule has 2 aliphatic carbocycles. The van der Waals surface area contributed by atoms with E-state index in [4.69, 9.17) is 0 Å². The van der Waals surface area contributed by atoms with E-state index in [9.17, 15) is 26.3 Å². The molecule has 2 unspecified atom stereocenters. The molecule has 0 heterocycles. The molecule has 0 radical (unpaired) electrons. The second-order valence-corrected chi connectivity index (χ2v) is 3.21. The third-order valence-corrected chi connectivity index (χ3v) is 2.17. The monoisotopic (exact) mass is 230 g/mol. The maximum absolute atomic E-state index is 12.5. The van der Waals surface area contributed by atoms with Crippen molar-refractivity contribution in [1.82, 2.24) is 0 Å². The summed E-state index contributed by atoms with van der Waals surface area (Å²) in [5.41, 5.74) is 0. The zero-order valence-corrected chi connectivity index (χ0v) is 6.99. The van der Waals surface area contributed by atoms with Crippen LogP contribution in [0.3, 0.4) is 0 Å². The van der Waals surface area contributed by atoms with Crippen LogP contribution in [0.1, 0.15) is 0 Å². The van der Waals surface area contributed by atoms with E-state index in [1.54, 1.807) is 0 Å². The summed E-state index contributed by atoms with van der Waals surface area (Å²) in [6.45, 7) is 0. The minimum absolute atomic E-state index is 0.364. The van der Waals surface area contributed by atoms with Crippen LogP contribution < -0.4 is 0 Å². The number of rotatable bonds is 2. The molecule has 2 atom stereocenters. The molecule has 0 saturated heterocycles. The van der Waals surface area contributed by atoms with Gasteiger partial charge in [0.25, 0.3) is 0 Å². The van der Waals surface area contributed by atoms with Gasteiger partial charge in [-0.15, -0.1) is 0 Å². The number of hydrogen-bond acceptors (Lipinski definition) is 1. The molecule has 15 heavy (non-hydrogen) atoms. The van der Waals surface area contributed by atoms with Crippen molar-refractivity contribution in [2.24, 2.45) is 0 Å². The van der Waals surface area contributed by atoms with Gasteiger partial charge in [-0.05, 0) is 0 Å². The van der Waals surface area contributed by atoms with E-state index in [0.717, 1.165) is 0 Å². The molecule has 2 aliphatic rings. The molecule has 0 aromatic rings. The topological polar surface area (TPSA) is 9.23 Å². The van der Waals surface area contributed by atoms with Crippen molar-refractivity contribution >= 4 is 0 Å². The van der Waals surface area contributed by atoms with E-state index in [-0.39, 0.29) is 0 Å². The largest absolute Gasteiger partial charge is 0.453 e. The Balaban J connectivity index is 2.08. The molecule has 0 aromatic heterocycles. The second kappa shape index (κ2) is 2.70. The summed E-state index contributed by atoms with van der Waals surface area (Å²) in [7, 11) is 0. The Morgan fingerprint density at radius 1 is 0.867 bits per heavy atom. The van der Waals surface area contributed by atoms with Gasteiger partial charge in [0.1, 0.15) is 0 Å². The fourth-order valence-electron chi connectivity index (χ4n) is 1.10. The lowest BCUT2D eigenvalue weighted by Crippen LogP contribution is -2.46. The number of halogens is 6. The molecule has 0 fully saturated rings. The summed E-state index contributed by atoms with van der Waals surface area (Å²) in [5.74, 6) is -10.2. The van der Waals surface area contributed by atoms with Crippen molar-refractivity contribution in [2.75, 3.05) is 0 Å². The highest BCUT2D eigenvalue weighted by atomic mass is 19.3. The Bertz CT molecular complexity index is 324. The van der Waals surface area contributed by atoms with Gasteiger partial charge in [0, 0.05) is 12.2 Å².